The molecular formula is C22H26N4O. The van der Waals surface area contributed by atoms with E-state index in [9.17, 15) is 5.11 Å². The molecule has 27 heavy (non-hydrogen) atoms. The summed E-state index contributed by atoms with van der Waals surface area (Å²) in [6, 6.07) is 10.8. The Morgan fingerprint density at radius 1 is 1.22 bits per heavy atom. The van der Waals surface area contributed by atoms with E-state index in [1.165, 1.54) is 12.8 Å². The van der Waals surface area contributed by atoms with Gasteiger partial charge in [0.15, 0.2) is 0 Å². The molecule has 4 rings (SSSR count). The summed E-state index contributed by atoms with van der Waals surface area (Å²) in [5.41, 5.74) is 2.93. The van der Waals surface area contributed by atoms with Gasteiger partial charge < -0.3 is 9.67 Å². The van der Waals surface area contributed by atoms with E-state index in [1.54, 1.807) is 6.92 Å². The number of pyridine rings is 1. The van der Waals surface area contributed by atoms with E-state index in [0.29, 0.717) is 12.5 Å². The summed E-state index contributed by atoms with van der Waals surface area (Å²) in [4.78, 5) is 9.27. The van der Waals surface area contributed by atoms with Crippen LogP contribution < -0.4 is 0 Å². The molecule has 1 saturated carbocycles. The molecule has 5 nitrogen and oxygen atoms in total. The molecule has 1 aliphatic carbocycles. The maximum atomic E-state index is 10.4. The third kappa shape index (κ3) is 3.42. The number of hydrogen-bond acceptors (Lipinski definition) is 4. The van der Waals surface area contributed by atoms with E-state index in [-0.39, 0.29) is 0 Å². The minimum Gasteiger partial charge on any atom is -0.385 e. The minimum atomic E-state index is -0.607. The van der Waals surface area contributed by atoms with E-state index in [0.717, 1.165) is 59.4 Å². The molecule has 0 radical (unpaired) electrons. The monoisotopic (exact) mass is 362 g/mol. The molecule has 5 heteroatoms. The fourth-order valence-electron chi connectivity index (χ4n) is 4.57. The third-order valence-corrected chi connectivity index (χ3v) is 5.91. The lowest BCUT2D eigenvalue weighted by atomic mass is 9.83. The minimum absolute atomic E-state index is 0.359. The highest BCUT2D eigenvalue weighted by atomic mass is 16.3. The Kier molecular flexibility index (Phi) is 5.09. The van der Waals surface area contributed by atoms with Gasteiger partial charge in [-0.1, -0.05) is 18.2 Å². The van der Waals surface area contributed by atoms with Crippen molar-refractivity contribution in [1.82, 2.24) is 14.5 Å². The molecule has 0 spiro atoms. The number of nitriles is 1. The molecule has 1 atom stereocenters. The number of aromatic nitrogens is 3. The lowest BCUT2D eigenvalue weighted by Gasteiger charge is -2.31. The number of rotatable bonds is 5. The Morgan fingerprint density at radius 2 is 2.00 bits per heavy atom. The first-order chi connectivity index (χ1) is 13.2. The first-order valence-corrected chi connectivity index (χ1v) is 9.99. The van der Waals surface area contributed by atoms with E-state index in [4.69, 9.17) is 10.2 Å². The molecule has 1 unspecified atom stereocenters. The lowest BCUT2D eigenvalue weighted by molar-refractivity contribution is 0.174. The van der Waals surface area contributed by atoms with Crippen molar-refractivity contribution in [2.24, 2.45) is 5.92 Å². The molecule has 1 N–H and O–H groups in total. The van der Waals surface area contributed by atoms with Crippen molar-refractivity contribution < 1.29 is 5.11 Å². The quantitative estimate of drug-likeness (QED) is 0.644. The Hall–Kier alpha value is -2.45. The van der Waals surface area contributed by atoms with Crippen LogP contribution in [0.5, 0.6) is 0 Å². The summed E-state index contributed by atoms with van der Waals surface area (Å²) in [7, 11) is 0. The second-order valence-corrected chi connectivity index (χ2v) is 7.75. The van der Waals surface area contributed by atoms with Crippen LogP contribution in [-0.4, -0.2) is 19.6 Å². The number of imidazole rings is 1. The maximum absolute atomic E-state index is 10.4. The van der Waals surface area contributed by atoms with Crippen LogP contribution in [0, 0.1) is 17.2 Å². The Morgan fingerprint density at radius 3 is 2.74 bits per heavy atom. The van der Waals surface area contributed by atoms with Gasteiger partial charge in [-0.25, -0.2) is 4.98 Å². The van der Waals surface area contributed by atoms with Gasteiger partial charge in [-0.3, -0.25) is 4.98 Å². The van der Waals surface area contributed by atoms with Crippen molar-refractivity contribution in [1.29, 1.82) is 5.26 Å². The molecule has 0 saturated heterocycles. The third-order valence-electron chi connectivity index (χ3n) is 5.91. The summed E-state index contributed by atoms with van der Waals surface area (Å²) < 4.78 is 2.29. The predicted molar refractivity (Wildman–Crippen MR) is 106 cm³/mol. The van der Waals surface area contributed by atoms with Crippen LogP contribution in [0.15, 0.2) is 30.5 Å². The largest absolute Gasteiger partial charge is 0.385 e. The second kappa shape index (κ2) is 7.66. The second-order valence-electron chi connectivity index (χ2n) is 7.75. The standard InChI is InChI=1S/C22H26N4O/c1-15(27)22-25-20-14-24-19-8-3-2-7-18(19)21(20)26(22)17-11-9-16(10-12-17)6-4-5-13-23/h2-3,7-8,14-17,27H,4-6,9-12H2,1H3. The normalized spacial score (nSPS) is 21.4. The highest BCUT2D eigenvalue weighted by molar-refractivity contribution is 6.02. The van der Waals surface area contributed by atoms with Gasteiger partial charge in [0.05, 0.1) is 23.3 Å². The SMILES string of the molecule is CC(O)c1nc2cnc3ccccc3c2n1C1CCC(CCCC#N)CC1. The molecule has 0 amide bonds. The number of aliphatic hydroxyl groups is 1. The molecule has 2 heterocycles. The number of benzene rings is 1. The number of aliphatic hydroxyl groups excluding tert-OH is 1. The molecule has 0 bridgehead atoms. The number of nitrogens with zero attached hydrogens (tertiary/aromatic N) is 4. The van der Waals surface area contributed by atoms with Crippen molar-refractivity contribution in [3.05, 3.63) is 36.3 Å². The van der Waals surface area contributed by atoms with Crippen LogP contribution in [0.25, 0.3) is 21.9 Å². The average molecular weight is 362 g/mol. The van der Waals surface area contributed by atoms with Crippen molar-refractivity contribution in [2.75, 3.05) is 0 Å². The van der Waals surface area contributed by atoms with E-state index in [1.807, 2.05) is 24.4 Å². The molecule has 1 aliphatic rings. The smallest absolute Gasteiger partial charge is 0.138 e. The van der Waals surface area contributed by atoms with E-state index < -0.39 is 6.10 Å². The summed E-state index contributed by atoms with van der Waals surface area (Å²) in [6.45, 7) is 1.79. The van der Waals surface area contributed by atoms with Gasteiger partial charge in [-0.15, -0.1) is 0 Å². The Bertz CT molecular complexity index is 977. The van der Waals surface area contributed by atoms with Gasteiger partial charge in [0.2, 0.25) is 0 Å². The molecule has 140 valence electrons. The zero-order chi connectivity index (χ0) is 18.8. The Labute approximate surface area is 159 Å². The number of para-hydroxylation sites is 1. The van der Waals surface area contributed by atoms with Crippen molar-refractivity contribution in [2.45, 2.75) is 64.0 Å². The topological polar surface area (TPSA) is 74.7 Å². The van der Waals surface area contributed by atoms with Crippen molar-refractivity contribution >= 4 is 21.9 Å². The Balaban J connectivity index is 1.69. The van der Waals surface area contributed by atoms with Gasteiger partial charge in [0.25, 0.3) is 0 Å². The van der Waals surface area contributed by atoms with E-state index >= 15 is 0 Å². The highest BCUT2D eigenvalue weighted by Gasteiger charge is 2.27. The number of unbranched alkanes of at least 4 members (excludes halogenated alkanes) is 1. The molecular weight excluding hydrogens is 336 g/mol. The van der Waals surface area contributed by atoms with Crippen LogP contribution in [0.1, 0.15) is 69.8 Å². The summed E-state index contributed by atoms with van der Waals surface area (Å²) in [6.07, 6.45) is 8.60. The fraction of sp³-hybridized carbons (Fsp3) is 0.500. The van der Waals surface area contributed by atoms with Crippen LogP contribution in [0.4, 0.5) is 0 Å². The lowest BCUT2D eigenvalue weighted by Crippen LogP contribution is -2.20. The molecule has 1 fully saturated rings. The van der Waals surface area contributed by atoms with Crippen LogP contribution >= 0.6 is 0 Å². The molecule has 1 aromatic carbocycles. The first-order valence-electron chi connectivity index (χ1n) is 9.99. The van der Waals surface area contributed by atoms with E-state index in [2.05, 4.69) is 21.7 Å². The van der Waals surface area contributed by atoms with Crippen molar-refractivity contribution in [3.8, 4) is 6.07 Å². The summed E-state index contributed by atoms with van der Waals surface area (Å²) >= 11 is 0. The zero-order valence-corrected chi connectivity index (χ0v) is 15.8. The fourth-order valence-corrected chi connectivity index (χ4v) is 4.57. The summed E-state index contributed by atoms with van der Waals surface area (Å²) in [5, 5.41) is 20.2. The van der Waals surface area contributed by atoms with Gasteiger partial charge in [0, 0.05) is 17.8 Å². The summed E-state index contributed by atoms with van der Waals surface area (Å²) in [5.74, 6) is 1.47. The average Bonchev–Trinajstić information content (AvgIpc) is 3.09. The van der Waals surface area contributed by atoms with Gasteiger partial charge in [0.1, 0.15) is 17.4 Å². The van der Waals surface area contributed by atoms with Crippen LogP contribution in [0.2, 0.25) is 0 Å². The van der Waals surface area contributed by atoms with Gasteiger partial charge >= 0.3 is 0 Å². The van der Waals surface area contributed by atoms with Gasteiger partial charge in [-0.2, -0.15) is 5.26 Å². The van der Waals surface area contributed by atoms with Crippen molar-refractivity contribution in [3.63, 3.8) is 0 Å². The highest BCUT2D eigenvalue weighted by Crippen LogP contribution is 2.39. The van der Waals surface area contributed by atoms with Crippen LogP contribution in [-0.2, 0) is 0 Å². The zero-order valence-electron chi connectivity index (χ0n) is 15.8. The molecule has 2 aromatic heterocycles. The number of hydrogen-bond donors (Lipinski definition) is 1. The maximum Gasteiger partial charge on any atom is 0.138 e. The predicted octanol–water partition coefficient (Wildman–Crippen LogP) is 5.06. The molecule has 0 aliphatic heterocycles. The van der Waals surface area contributed by atoms with Crippen LogP contribution in [0.3, 0.4) is 0 Å². The van der Waals surface area contributed by atoms with Gasteiger partial charge in [-0.05, 0) is 57.4 Å². The molecule has 3 aromatic rings. The first kappa shape index (κ1) is 17.9. The number of fused-ring (bicyclic) bond motifs is 3.